The lowest BCUT2D eigenvalue weighted by Gasteiger charge is -2.10. The number of ether oxygens (including phenoxy) is 1. The number of carboxylic acid groups (broad SMARTS) is 1. The normalized spacial score (nSPS) is 12.1. The van der Waals surface area contributed by atoms with Gasteiger partial charge in [0, 0.05) is 0 Å². The summed E-state index contributed by atoms with van der Waals surface area (Å²) < 4.78 is 4.89. The molecule has 0 saturated heterocycles. The van der Waals surface area contributed by atoms with Gasteiger partial charge in [-0.05, 0) is 32.1 Å². The van der Waals surface area contributed by atoms with Crippen molar-refractivity contribution in [2.24, 2.45) is 5.92 Å². The van der Waals surface area contributed by atoms with E-state index < -0.39 is 17.9 Å². The highest BCUT2D eigenvalue weighted by Gasteiger charge is 2.21. The van der Waals surface area contributed by atoms with Gasteiger partial charge < -0.3 is 9.84 Å². The Morgan fingerprint density at radius 2 is 1.18 bits per heavy atom. The van der Waals surface area contributed by atoms with Gasteiger partial charge in [0.15, 0.2) is 0 Å². The number of carbonyl (C=O) groups is 2. The van der Waals surface area contributed by atoms with E-state index in [1.807, 2.05) is 0 Å². The number of esters is 1. The Labute approximate surface area is 210 Å². The monoisotopic (exact) mass is 478 g/mol. The average molecular weight is 479 g/mol. The van der Waals surface area contributed by atoms with Gasteiger partial charge in [-0.2, -0.15) is 0 Å². The zero-order valence-electron chi connectivity index (χ0n) is 22.2. The molecule has 0 aromatic heterocycles. The Hall–Kier alpha value is -1.58. The number of allylic oxidation sites excluding steroid dienone is 2. The lowest BCUT2D eigenvalue weighted by atomic mass is 9.98. The van der Waals surface area contributed by atoms with Gasteiger partial charge in [-0.1, -0.05) is 128 Å². The fraction of sp³-hybridized carbons (Fsp3) is 0.800. The standard InChI is InChI=1S/C30H54O4/c1-3-5-6-7-8-9-10-11-12-13-14-15-16-17-18-19-20-21-22-23-24-25-28(30(32)33)27-29(31)34-26-4-2/h4,21-22,28H,2-3,5-20,23-27H2,1H3,(H,32,33)/b22-21+. The minimum absolute atomic E-state index is 0.0634. The van der Waals surface area contributed by atoms with Crippen LogP contribution in [-0.2, 0) is 14.3 Å². The second-order valence-electron chi connectivity index (χ2n) is 9.71. The third-order valence-corrected chi connectivity index (χ3v) is 6.44. The molecule has 0 heterocycles. The van der Waals surface area contributed by atoms with Crippen LogP contribution in [0.2, 0.25) is 0 Å². The van der Waals surface area contributed by atoms with Gasteiger partial charge in [0.1, 0.15) is 6.61 Å². The molecule has 4 heteroatoms. The summed E-state index contributed by atoms with van der Waals surface area (Å²) in [5.74, 6) is -2.05. The summed E-state index contributed by atoms with van der Waals surface area (Å²) >= 11 is 0. The van der Waals surface area contributed by atoms with Crippen molar-refractivity contribution in [2.45, 2.75) is 142 Å². The fourth-order valence-corrected chi connectivity index (χ4v) is 4.25. The molecule has 0 spiro atoms. The summed E-state index contributed by atoms with van der Waals surface area (Å²) in [6.07, 6.45) is 31.3. The maximum Gasteiger partial charge on any atom is 0.307 e. The van der Waals surface area contributed by atoms with E-state index in [4.69, 9.17) is 4.74 Å². The Morgan fingerprint density at radius 1 is 0.735 bits per heavy atom. The molecule has 0 amide bonds. The van der Waals surface area contributed by atoms with Crippen LogP contribution in [0.4, 0.5) is 0 Å². The number of hydrogen-bond acceptors (Lipinski definition) is 3. The molecule has 0 bridgehead atoms. The zero-order chi connectivity index (χ0) is 25.1. The molecule has 0 aliphatic carbocycles. The lowest BCUT2D eigenvalue weighted by Crippen LogP contribution is -2.19. The lowest BCUT2D eigenvalue weighted by molar-refractivity contribution is -0.151. The predicted molar refractivity (Wildman–Crippen MR) is 144 cm³/mol. The number of carboxylic acids is 1. The quantitative estimate of drug-likeness (QED) is 0.0764. The molecule has 198 valence electrons. The van der Waals surface area contributed by atoms with Crippen LogP contribution < -0.4 is 0 Å². The first-order valence-corrected chi connectivity index (χ1v) is 14.3. The molecule has 0 aliphatic heterocycles. The molecule has 1 atom stereocenters. The van der Waals surface area contributed by atoms with E-state index in [1.54, 1.807) is 0 Å². The third kappa shape index (κ3) is 23.6. The second-order valence-corrected chi connectivity index (χ2v) is 9.71. The Kier molecular flexibility index (Phi) is 24.8. The van der Waals surface area contributed by atoms with Crippen LogP contribution in [0, 0.1) is 5.92 Å². The third-order valence-electron chi connectivity index (χ3n) is 6.44. The molecular weight excluding hydrogens is 424 g/mol. The van der Waals surface area contributed by atoms with Gasteiger partial charge >= 0.3 is 11.9 Å². The number of unbranched alkanes of at least 4 members (excludes halogenated alkanes) is 17. The van der Waals surface area contributed by atoms with Crippen molar-refractivity contribution in [3.63, 3.8) is 0 Å². The van der Waals surface area contributed by atoms with Crippen LogP contribution in [0.15, 0.2) is 24.8 Å². The number of aliphatic carboxylic acids is 1. The molecule has 0 rings (SSSR count). The number of hydrogen-bond donors (Lipinski definition) is 1. The SMILES string of the molecule is C=CCOC(=O)CC(CCC/C=C/CCCCCCCCCCCCCCCCCC)C(=O)O. The van der Waals surface area contributed by atoms with E-state index in [0.29, 0.717) is 6.42 Å². The van der Waals surface area contributed by atoms with Crippen molar-refractivity contribution in [3.8, 4) is 0 Å². The molecule has 0 fully saturated rings. The van der Waals surface area contributed by atoms with E-state index in [2.05, 4.69) is 25.7 Å². The van der Waals surface area contributed by atoms with Crippen molar-refractivity contribution >= 4 is 11.9 Å². The minimum atomic E-state index is -0.923. The van der Waals surface area contributed by atoms with Crippen LogP contribution >= 0.6 is 0 Å². The second kappa shape index (κ2) is 26.0. The zero-order valence-corrected chi connectivity index (χ0v) is 22.2. The highest BCUT2D eigenvalue weighted by atomic mass is 16.5. The first kappa shape index (κ1) is 32.4. The fourth-order valence-electron chi connectivity index (χ4n) is 4.25. The van der Waals surface area contributed by atoms with Crippen molar-refractivity contribution < 1.29 is 19.4 Å². The van der Waals surface area contributed by atoms with Gasteiger partial charge in [0.05, 0.1) is 12.3 Å². The first-order chi connectivity index (χ1) is 16.6. The molecule has 0 saturated carbocycles. The van der Waals surface area contributed by atoms with Crippen molar-refractivity contribution in [1.82, 2.24) is 0 Å². The number of rotatable bonds is 26. The summed E-state index contributed by atoms with van der Waals surface area (Å²) in [5, 5.41) is 9.27. The van der Waals surface area contributed by atoms with Crippen molar-refractivity contribution in [3.05, 3.63) is 24.8 Å². The Bertz CT molecular complexity index is 512. The molecule has 1 unspecified atom stereocenters. The maximum absolute atomic E-state index is 11.6. The van der Waals surface area contributed by atoms with Crippen molar-refractivity contribution in [2.75, 3.05) is 6.61 Å². The van der Waals surface area contributed by atoms with Crippen LogP contribution in [0.3, 0.4) is 0 Å². The predicted octanol–water partition coefficient (Wildman–Crippen LogP) is 9.18. The van der Waals surface area contributed by atoms with E-state index in [1.165, 1.54) is 109 Å². The number of carbonyl (C=O) groups excluding carboxylic acids is 1. The summed E-state index contributed by atoms with van der Waals surface area (Å²) in [6.45, 7) is 5.89. The van der Waals surface area contributed by atoms with Crippen LogP contribution in [-0.4, -0.2) is 23.7 Å². The van der Waals surface area contributed by atoms with Gasteiger partial charge in [0.2, 0.25) is 0 Å². The highest BCUT2D eigenvalue weighted by molar-refractivity contribution is 5.78. The van der Waals surface area contributed by atoms with E-state index in [9.17, 15) is 14.7 Å². The molecule has 0 aliphatic rings. The van der Waals surface area contributed by atoms with Gasteiger partial charge in [0.25, 0.3) is 0 Å². The molecule has 0 aromatic carbocycles. The summed E-state index contributed by atoms with van der Waals surface area (Å²) in [5.41, 5.74) is 0. The van der Waals surface area contributed by atoms with Gasteiger partial charge in [-0.15, -0.1) is 0 Å². The molecular formula is C30H54O4. The van der Waals surface area contributed by atoms with E-state index in [-0.39, 0.29) is 13.0 Å². The minimum Gasteiger partial charge on any atom is -0.481 e. The van der Waals surface area contributed by atoms with Gasteiger partial charge in [-0.3, -0.25) is 9.59 Å². The summed E-state index contributed by atoms with van der Waals surface area (Å²) in [7, 11) is 0. The van der Waals surface area contributed by atoms with Crippen molar-refractivity contribution in [1.29, 1.82) is 0 Å². The average Bonchev–Trinajstić information content (AvgIpc) is 2.82. The first-order valence-electron chi connectivity index (χ1n) is 14.3. The van der Waals surface area contributed by atoms with Crippen LogP contribution in [0.5, 0.6) is 0 Å². The molecule has 1 N–H and O–H groups in total. The smallest absolute Gasteiger partial charge is 0.307 e. The van der Waals surface area contributed by atoms with E-state index in [0.717, 1.165) is 19.3 Å². The Balaban J connectivity index is 3.42. The largest absolute Gasteiger partial charge is 0.481 e. The molecule has 0 radical (unpaired) electrons. The summed E-state index contributed by atoms with van der Waals surface area (Å²) in [6, 6.07) is 0. The maximum atomic E-state index is 11.6. The highest BCUT2D eigenvalue weighted by Crippen LogP contribution is 2.16. The van der Waals surface area contributed by atoms with Crippen LogP contribution in [0.1, 0.15) is 142 Å². The molecule has 0 aromatic rings. The van der Waals surface area contributed by atoms with Crippen LogP contribution in [0.25, 0.3) is 0 Å². The summed E-state index contributed by atoms with van der Waals surface area (Å²) in [4.78, 5) is 22.9. The Morgan fingerprint density at radius 3 is 1.62 bits per heavy atom. The molecule has 4 nitrogen and oxygen atoms in total. The van der Waals surface area contributed by atoms with Gasteiger partial charge in [-0.25, -0.2) is 0 Å². The molecule has 34 heavy (non-hydrogen) atoms. The topological polar surface area (TPSA) is 63.6 Å². The van der Waals surface area contributed by atoms with E-state index >= 15 is 0 Å².